The van der Waals surface area contributed by atoms with E-state index < -0.39 is 6.03 Å². The molecular weight excluding hydrogens is 294 g/mol. The minimum Gasteiger partial charge on any atom is -0.396 e. The second kappa shape index (κ2) is 7.96. The van der Waals surface area contributed by atoms with Gasteiger partial charge in [-0.15, -0.1) is 0 Å². The standard InChI is InChI=1S/C16H19N5O2/c1-21-11-13(10-17)15(20-21)19-16(23)18-14(8-5-9-22)12-6-3-2-4-7-12/h2-4,6-7,11,14,22H,5,8-9H2,1H3,(H2,18,19,20,23). The summed E-state index contributed by atoms with van der Waals surface area (Å²) in [6.07, 6.45) is 2.73. The summed E-state index contributed by atoms with van der Waals surface area (Å²) in [6, 6.07) is 10.9. The van der Waals surface area contributed by atoms with E-state index in [9.17, 15) is 4.79 Å². The average Bonchev–Trinajstić information content (AvgIpc) is 2.91. The lowest BCUT2D eigenvalue weighted by molar-refractivity contribution is 0.243. The molecule has 0 radical (unpaired) electrons. The van der Waals surface area contributed by atoms with Gasteiger partial charge in [0.2, 0.25) is 0 Å². The lowest BCUT2D eigenvalue weighted by atomic mass is 10.0. The Bertz CT molecular complexity index is 690. The number of amides is 2. The van der Waals surface area contributed by atoms with Crippen molar-refractivity contribution >= 4 is 11.8 Å². The molecule has 1 aromatic heterocycles. The number of benzene rings is 1. The first-order valence-electron chi connectivity index (χ1n) is 7.31. The summed E-state index contributed by atoms with van der Waals surface area (Å²) in [5, 5.41) is 27.5. The van der Waals surface area contributed by atoms with Crippen LogP contribution in [0.25, 0.3) is 0 Å². The maximum absolute atomic E-state index is 12.2. The van der Waals surface area contributed by atoms with Crippen LogP contribution in [0.2, 0.25) is 0 Å². The number of aliphatic hydroxyl groups excluding tert-OH is 1. The number of urea groups is 1. The van der Waals surface area contributed by atoms with Gasteiger partial charge in [-0.3, -0.25) is 10.00 Å². The van der Waals surface area contributed by atoms with Crippen LogP contribution in [-0.2, 0) is 7.05 Å². The van der Waals surface area contributed by atoms with Crippen molar-refractivity contribution in [2.45, 2.75) is 18.9 Å². The molecule has 0 bridgehead atoms. The molecule has 1 atom stereocenters. The second-order valence-corrected chi connectivity index (χ2v) is 5.10. The topological polar surface area (TPSA) is 103 Å². The van der Waals surface area contributed by atoms with Gasteiger partial charge in [-0.1, -0.05) is 30.3 Å². The Morgan fingerprint density at radius 3 is 2.83 bits per heavy atom. The van der Waals surface area contributed by atoms with Crippen molar-refractivity contribution in [2.24, 2.45) is 7.05 Å². The summed E-state index contributed by atoms with van der Waals surface area (Å²) < 4.78 is 1.47. The Labute approximate surface area is 134 Å². The van der Waals surface area contributed by atoms with Crippen molar-refractivity contribution in [1.82, 2.24) is 15.1 Å². The van der Waals surface area contributed by atoms with Crippen molar-refractivity contribution in [1.29, 1.82) is 5.26 Å². The monoisotopic (exact) mass is 313 g/mol. The molecule has 120 valence electrons. The van der Waals surface area contributed by atoms with Crippen LogP contribution < -0.4 is 10.6 Å². The molecule has 0 aliphatic heterocycles. The maximum Gasteiger partial charge on any atom is 0.320 e. The van der Waals surface area contributed by atoms with Gasteiger partial charge in [0.1, 0.15) is 11.6 Å². The van der Waals surface area contributed by atoms with Gasteiger partial charge in [0.25, 0.3) is 0 Å². The van der Waals surface area contributed by atoms with E-state index in [2.05, 4.69) is 15.7 Å². The molecule has 23 heavy (non-hydrogen) atoms. The van der Waals surface area contributed by atoms with Crippen molar-refractivity contribution in [2.75, 3.05) is 11.9 Å². The predicted molar refractivity (Wildman–Crippen MR) is 85.6 cm³/mol. The van der Waals surface area contributed by atoms with Crippen LogP contribution in [0.3, 0.4) is 0 Å². The fourth-order valence-electron chi connectivity index (χ4n) is 2.27. The van der Waals surface area contributed by atoms with Gasteiger partial charge in [-0.2, -0.15) is 10.4 Å². The fraction of sp³-hybridized carbons (Fsp3) is 0.312. The number of aliphatic hydroxyl groups is 1. The van der Waals surface area contributed by atoms with Crippen LogP contribution in [0.15, 0.2) is 36.5 Å². The van der Waals surface area contributed by atoms with Gasteiger partial charge in [0.15, 0.2) is 5.82 Å². The first-order valence-corrected chi connectivity index (χ1v) is 7.31. The molecule has 2 amide bonds. The van der Waals surface area contributed by atoms with Gasteiger partial charge in [-0.05, 0) is 18.4 Å². The summed E-state index contributed by atoms with van der Waals surface area (Å²) >= 11 is 0. The number of hydrogen-bond acceptors (Lipinski definition) is 4. The molecule has 0 aliphatic carbocycles. The highest BCUT2D eigenvalue weighted by Crippen LogP contribution is 2.18. The van der Waals surface area contributed by atoms with E-state index in [0.29, 0.717) is 18.4 Å². The summed E-state index contributed by atoms with van der Waals surface area (Å²) in [5.41, 5.74) is 1.26. The Morgan fingerprint density at radius 1 is 1.43 bits per heavy atom. The zero-order chi connectivity index (χ0) is 16.7. The molecule has 7 heteroatoms. The van der Waals surface area contributed by atoms with Crippen molar-refractivity contribution < 1.29 is 9.90 Å². The highest BCUT2D eigenvalue weighted by atomic mass is 16.3. The molecule has 2 aromatic rings. The Morgan fingerprint density at radius 2 is 2.17 bits per heavy atom. The van der Waals surface area contributed by atoms with Crippen LogP contribution in [0, 0.1) is 11.3 Å². The Balaban J connectivity index is 2.07. The number of hydrogen-bond donors (Lipinski definition) is 3. The zero-order valence-corrected chi connectivity index (χ0v) is 12.9. The molecular formula is C16H19N5O2. The number of nitrogens with zero attached hydrogens (tertiary/aromatic N) is 3. The molecule has 2 rings (SSSR count). The number of carbonyl (C=O) groups excluding carboxylic acids is 1. The van der Waals surface area contributed by atoms with E-state index in [1.165, 1.54) is 10.9 Å². The maximum atomic E-state index is 12.2. The minimum absolute atomic E-state index is 0.0610. The first-order chi connectivity index (χ1) is 11.1. The second-order valence-electron chi connectivity index (χ2n) is 5.10. The Kier molecular flexibility index (Phi) is 5.72. The van der Waals surface area contributed by atoms with Crippen molar-refractivity contribution in [3.8, 4) is 6.07 Å². The van der Waals surface area contributed by atoms with E-state index in [0.717, 1.165) is 5.56 Å². The van der Waals surface area contributed by atoms with E-state index in [1.54, 1.807) is 7.05 Å². The number of anilines is 1. The number of aryl methyl sites for hydroxylation is 1. The van der Waals surface area contributed by atoms with Crippen molar-refractivity contribution in [3.63, 3.8) is 0 Å². The van der Waals surface area contributed by atoms with Crippen LogP contribution in [0.5, 0.6) is 0 Å². The third-order valence-electron chi connectivity index (χ3n) is 3.34. The molecule has 0 saturated heterocycles. The quantitative estimate of drug-likeness (QED) is 0.758. The number of carbonyl (C=O) groups is 1. The molecule has 0 saturated carbocycles. The molecule has 1 heterocycles. The van der Waals surface area contributed by atoms with Crippen molar-refractivity contribution in [3.05, 3.63) is 47.7 Å². The highest BCUT2D eigenvalue weighted by molar-refractivity contribution is 5.89. The van der Waals surface area contributed by atoms with E-state index in [1.807, 2.05) is 36.4 Å². The summed E-state index contributed by atoms with van der Waals surface area (Å²) in [5.74, 6) is 0.224. The smallest absolute Gasteiger partial charge is 0.320 e. The largest absolute Gasteiger partial charge is 0.396 e. The lowest BCUT2D eigenvalue weighted by Gasteiger charge is -2.19. The normalized spacial score (nSPS) is 11.5. The molecule has 1 aromatic carbocycles. The third-order valence-corrected chi connectivity index (χ3v) is 3.34. The first kappa shape index (κ1) is 16.5. The fourth-order valence-corrected chi connectivity index (χ4v) is 2.27. The van der Waals surface area contributed by atoms with Gasteiger partial charge in [0.05, 0.1) is 6.04 Å². The Hall–Kier alpha value is -2.85. The van der Waals surface area contributed by atoms with Gasteiger partial charge >= 0.3 is 6.03 Å². The van der Waals surface area contributed by atoms with Gasteiger partial charge in [0, 0.05) is 19.9 Å². The molecule has 1 unspecified atom stereocenters. The summed E-state index contributed by atoms with van der Waals surface area (Å²) in [6.45, 7) is 0.0610. The van der Waals surface area contributed by atoms with E-state index in [-0.39, 0.29) is 18.5 Å². The van der Waals surface area contributed by atoms with Gasteiger partial charge in [-0.25, -0.2) is 4.79 Å². The lowest BCUT2D eigenvalue weighted by Crippen LogP contribution is -2.33. The SMILES string of the molecule is Cn1cc(C#N)c(NC(=O)NC(CCCO)c2ccccc2)n1. The van der Waals surface area contributed by atoms with Gasteiger partial charge < -0.3 is 10.4 Å². The number of rotatable bonds is 6. The number of nitriles is 1. The number of aromatic nitrogens is 2. The molecule has 0 aliphatic rings. The summed E-state index contributed by atoms with van der Waals surface area (Å²) in [7, 11) is 1.68. The van der Waals surface area contributed by atoms with Crippen LogP contribution in [-0.4, -0.2) is 27.5 Å². The summed E-state index contributed by atoms with van der Waals surface area (Å²) in [4.78, 5) is 12.2. The average molecular weight is 313 g/mol. The van der Waals surface area contributed by atoms with Crippen LogP contribution in [0.1, 0.15) is 30.0 Å². The molecule has 0 spiro atoms. The third kappa shape index (κ3) is 4.56. The predicted octanol–water partition coefficient (Wildman–Crippen LogP) is 1.93. The zero-order valence-electron chi connectivity index (χ0n) is 12.9. The van der Waals surface area contributed by atoms with Crippen LogP contribution >= 0.6 is 0 Å². The number of nitrogens with one attached hydrogen (secondary N) is 2. The van der Waals surface area contributed by atoms with E-state index >= 15 is 0 Å². The minimum atomic E-state index is -0.438. The molecule has 0 fully saturated rings. The molecule has 3 N–H and O–H groups in total. The van der Waals surface area contributed by atoms with E-state index in [4.69, 9.17) is 10.4 Å². The molecule has 7 nitrogen and oxygen atoms in total. The highest BCUT2D eigenvalue weighted by Gasteiger charge is 2.16. The van der Waals surface area contributed by atoms with Crippen LogP contribution in [0.4, 0.5) is 10.6 Å².